The summed E-state index contributed by atoms with van der Waals surface area (Å²) in [7, 11) is 1.80. The Morgan fingerprint density at radius 1 is 1.37 bits per heavy atom. The average Bonchev–Trinajstić information content (AvgIpc) is 2.70. The van der Waals surface area contributed by atoms with Gasteiger partial charge in [-0.05, 0) is 9.91 Å². The van der Waals surface area contributed by atoms with E-state index in [4.69, 9.17) is 0 Å². The predicted molar refractivity (Wildman–Crippen MR) is 70.3 cm³/mol. The number of nitrogens with zero attached hydrogens (tertiary/aromatic N) is 5. The molecule has 8 nitrogen and oxygen atoms in total. The number of hydrogen-bond donors (Lipinski definition) is 1. The molecule has 8 heteroatoms. The van der Waals surface area contributed by atoms with Crippen LogP contribution in [0.3, 0.4) is 0 Å². The Morgan fingerprint density at radius 2 is 2.05 bits per heavy atom. The van der Waals surface area contributed by atoms with E-state index in [-0.39, 0.29) is 5.82 Å². The Morgan fingerprint density at radius 3 is 2.58 bits per heavy atom. The first-order valence-corrected chi connectivity index (χ1v) is 6.52. The van der Waals surface area contributed by atoms with E-state index >= 15 is 0 Å². The third-order valence-corrected chi connectivity index (χ3v) is 3.95. The largest absolute Gasteiger partial charge is 0.406 e. The quantitative estimate of drug-likeness (QED) is 0.582. The molecule has 0 bridgehead atoms. The Bertz CT molecular complexity index is 476. The summed E-state index contributed by atoms with van der Waals surface area (Å²) in [4.78, 5) is 19.0. The summed E-state index contributed by atoms with van der Waals surface area (Å²) >= 11 is 0. The molecule has 0 saturated carbocycles. The number of anilines is 1. The van der Waals surface area contributed by atoms with Crippen LogP contribution in [-0.2, 0) is 7.05 Å². The average molecular weight is 266 g/mol. The summed E-state index contributed by atoms with van der Waals surface area (Å²) < 4.78 is 1.73. The molecule has 3 heterocycles. The second kappa shape index (κ2) is 4.78. The number of nitro groups is 1. The summed E-state index contributed by atoms with van der Waals surface area (Å²) in [6.07, 6.45) is 1.51. The SMILES string of the molecule is Cn1cnc([N+](=O)[O-])c1N1CCN(C2CNC2)CC1. The van der Waals surface area contributed by atoms with Crippen molar-refractivity contribution in [3.8, 4) is 0 Å². The molecule has 0 atom stereocenters. The van der Waals surface area contributed by atoms with Crippen molar-refractivity contribution in [3.63, 3.8) is 0 Å². The fourth-order valence-corrected chi connectivity index (χ4v) is 2.74. The fraction of sp³-hybridized carbons (Fsp3) is 0.727. The molecular weight excluding hydrogens is 248 g/mol. The summed E-state index contributed by atoms with van der Waals surface area (Å²) in [6, 6.07) is 0.642. The summed E-state index contributed by atoms with van der Waals surface area (Å²) in [5.74, 6) is 0.581. The van der Waals surface area contributed by atoms with Crippen LogP contribution in [0.1, 0.15) is 0 Å². The van der Waals surface area contributed by atoms with Gasteiger partial charge in [0.25, 0.3) is 0 Å². The molecule has 2 aliphatic heterocycles. The minimum absolute atomic E-state index is 0.0405. The van der Waals surface area contributed by atoms with Gasteiger partial charge in [0.1, 0.15) is 0 Å². The van der Waals surface area contributed by atoms with Crippen LogP contribution in [0.15, 0.2) is 6.33 Å². The van der Waals surface area contributed by atoms with Crippen LogP contribution in [0.25, 0.3) is 0 Å². The third-order valence-electron chi connectivity index (χ3n) is 3.95. The zero-order valence-corrected chi connectivity index (χ0v) is 10.9. The van der Waals surface area contributed by atoms with E-state index in [0.29, 0.717) is 11.9 Å². The first-order valence-electron chi connectivity index (χ1n) is 6.52. The van der Waals surface area contributed by atoms with E-state index in [0.717, 1.165) is 39.3 Å². The number of rotatable bonds is 3. The molecule has 0 amide bonds. The predicted octanol–water partition coefficient (Wildman–Crippen LogP) is -0.578. The second-order valence-electron chi connectivity index (χ2n) is 5.09. The van der Waals surface area contributed by atoms with Crippen LogP contribution in [0, 0.1) is 10.1 Å². The van der Waals surface area contributed by atoms with Crippen molar-refractivity contribution in [2.45, 2.75) is 6.04 Å². The van der Waals surface area contributed by atoms with E-state index in [2.05, 4.69) is 20.1 Å². The molecule has 1 aromatic rings. The lowest BCUT2D eigenvalue weighted by atomic mass is 10.1. The lowest BCUT2D eigenvalue weighted by Gasteiger charge is -2.43. The maximum Gasteiger partial charge on any atom is 0.406 e. The Balaban J connectivity index is 1.70. The molecule has 19 heavy (non-hydrogen) atoms. The lowest BCUT2D eigenvalue weighted by molar-refractivity contribution is -0.388. The number of aromatic nitrogens is 2. The van der Waals surface area contributed by atoms with Gasteiger partial charge >= 0.3 is 5.82 Å². The van der Waals surface area contributed by atoms with Crippen molar-refractivity contribution in [2.24, 2.45) is 7.05 Å². The van der Waals surface area contributed by atoms with Gasteiger partial charge in [0.2, 0.25) is 12.1 Å². The molecule has 0 unspecified atom stereocenters. The second-order valence-corrected chi connectivity index (χ2v) is 5.09. The van der Waals surface area contributed by atoms with E-state index in [1.54, 1.807) is 11.6 Å². The summed E-state index contributed by atoms with van der Waals surface area (Å²) in [5.41, 5.74) is 0. The molecule has 1 N–H and O–H groups in total. The molecule has 0 aromatic carbocycles. The zero-order chi connectivity index (χ0) is 13.4. The first-order chi connectivity index (χ1) is 9.16. The van der Waals surface area contributed by atoms with Gasteiger partial charge in [0.15, 0.2) is 0 Å². The number of nitrogens with one attached hydrogen (secondary N) is 1. The fourth-order valence-electron chi connectivity index (χ4n) is 2.74. The number of hydrogen-bond acceptors (Lipinski definition) is 6. The highest BCUT2D eigenvalue weighted by molar-refractivity contribution is 5.54. The van der Waals surface area contributed by atoms with Crippen LogP contribution in [0.5, 0.6) is 0 Å². The molecule has 2 fully saturated rings. The maximum atomic E-state index is 11.0. The van der Waals surface area contributed by atoms with E-state index in [1.165, 1.54) is 6.33 Å². The third kappa shape index (κ3) is 2.17. The van der Waals surface area contributed by atoms with Crippen molar-refractivity contribution >= 4 is 11.6 Å². The van der Waals surface area contributed by atoms with Crippen LogP contribution in [0.2, 0.25) is 0 Å². The van der Waals surface area contributed by atoms with Crippen LogP contribution >= 0.6 is 0 Å². The van der Waals surface area contributed by atoms with E-state index < -0.39 is 4.92 Å². The van der Waals surface area contributed by atoms with Crippen LogP contribution in [0.4, 0.5) is 11.6 Å². The van der Waals surface area contributed by atoms with Gasteiger partial charge in [-0.25, -0.2) is 0 Å². The molecule has 0 spiro atoms. The topological polar surface area (TPSA) is 79.5 Å². The molecule has 0 aliphatic carbocycles. The zero-order valence-electron chi connectivity index (χ0n) is 10.9. The van der Waals surface area contributed by atoms with Gasteiger partial charge in [-0.1, -0.05) is 0 Å². The van der Waals surface area contributed by atoms with Crippen LogP contribution in [-0.4, -0.2) is 64.7 Å². The Labute approximate surface area is 111 Å². The highest BCUT2D eigenvalue weighted by Gasteiger charge is 2.31. The normalized spacial score (nSPS) is 21.4. The molecule has 0 radical (unpaired) electrons. The minimum Gasteiger partial charge on any atom is -0.358 e. The van der Waals surface area contributed by atoms with Gasteiger partial charge in [-0.3, -0.25) is 9.47 Å². The van der Waals surface area contributed by atoms with Crippen molar-refractivity contribution in [1.29, 1.82) is 0 Å². The number of imidazole rings is 1. The standard InChI is InChI=1S/C11H18N6O2/c1-14-8-13-10(17(18)19)11(14)16-4-2-15(3-5-16)9-6-12-7-9/h8-9,12H,2-7H2,1H3. The summed E-state index contributed by atoms with van der Waals surface area (Å²) in [6.45, 7) is 5.66. The number of aryl methyl sites for hydroxylation is 1. The van der Waals surface area contributed by atoms with Crippen molar-refractivity contribution in [2.75, 3.05) is 44.2 Å². The molecule has 2 aliphatic rings. The van der Waals surface area contributed by atoms with Gasteiger partial charge in [-0.15, -0.1) is 0 Å². The molecule has 104 valence electrons. The van der Waals surface area contributed by atoms with Crippen molar-refractivity contribution < 1.29 is 4.92 Å². The summed E-state index contributed by atoms with van der Waals surface area (Å²) in [5, 5.41) is 14.3. The molecule has 2 saturated heterocycles. The van der Waals surface area contributed by atoms with Crippen molar-refractivity contribution in [3.05, 3.63) is 16.4 Å². The highest BCUT2D eigenvalue weighted by atomic mass is 16.6. The Hall–Kier alpha value is -1.67. The van der Waals surface area contributed by atoms with Gasteiger partial charge in [0.05, 0.1) is 0 Å². The van der Waals surface area contributed by atoms with Crippen LogP contribution < -0.4 is 10.2 Å². The van der Waals surface area contributed by atoms with Gasteiger partial charge in [-0.2, -0.15) is 0 Å². The monoisotopic (exact) mass is 266 g/mol. The molecule has 3 rings (SSSR count). The van der Waals surface area contributed by atoms with Gasteiger partial charge < -0.3 is 20.3 Å². The molecular formula is C11H18N6O2. The minimum atomic E-state index is -0.405. The Kier molecular flexibility index (Phi) is 3.11. The van der Waals surface area contributed by atoms with Gasteiger partial charge in [0, 0.05) is 52.4 Å². The highest BCUT2D eigenvalue weighted by Crippen LogP contribution is 2.27. The van der Waals surface area contributed by atoms with E-state index in [9.17, 15) is 10.1 Å². The number of piperazine rings is 1. The molecule has 1 aromatic heterocycles. The smallest absolute Gasteiger partial charge is 0.358 e. The maximum absolute atomic E-state index is 11.0. The van der Waals surface area contributed by atoms with Crippen molar-refractivity contribution in [1.82, 2.24) is 19.8 Å². The van der Waals surface area contributed by atoms with E-state index in [1.807, 2.05) is 0 Å². The first kappa shape index (κ1) is 12.4. The lowest BCUT2D eigenvalue weighted by Crippen LogP contribution is -2.61.